The van der Waals surface area contributed by atoms with E-state index in [0.717, 1.165) is 85.3 Å². The Labute approximate surface area is 281 Å². The van der Waals surface area contributed by atoms with Crippen LogP contribution in [0.5, 0.6) is 11.5 Å². The Morgan fingerprint density at radius 1 is 0.708 bits per heavy atom. The fourth-order valence-corrected chi connectivity index (χ4v) is 7.84. The Morgan fingerprint density at radius 3 is 1.50 bits per heavy atom. The second-order valence-electron chi connectivity index (χ2n) is 12.5. The number of fused-ring (bicyclic) bond motifs is 2. The van der Waals surface area contributed by atoms with Crippen molar-refractivity contribution in [3.63, 3.8) is 0 Å². The lowest BCUT2D eigenvalue weighted by atomic mass is 9.91. The lowest BCUT2D eigenvalue weighted by Gasteiger charge is -2.34. The van der Waals surface area contributed by atoms with Gasteiger partial charge in [-0.05, 0) is 74.6 Å². The van der Waals surface area contributed by atoms with E-state index < -0.39 is 20.5 Å². The molecule has 2 aliphatic heterocycles. The molecule has 2 aromatic heterocycles. The Morgan fingerprint density at radius 2 is 1.12 bits per heavy atom. The van der Waals surface area contributed by atoms with Gasteiger partial charge in [0, 0.05) is 41.5 Å². The average Bonchev–Trinajstić information content (AvgIpc) is 3.13. The number of para-hydroxylation sites is 2. The van der Waals surface area contributed by atoms with Crippen molar-refractivity contribution in [2.45, 2.75) is 50.7 Å². The van der Waals surface area contributed by atoms with E-state index >= 15 is 0 Å². The standard InChI is InChI=1S/C34H44N6O7P/c1-44-29-7-3-5-27-31(29)35-21-37-33(27)39-13-9-23(10-14-39)17-25(19-41)46-48(43)47-26(20-42)18-24-11-15-40(16-12-24)34-28-6-4-8-30(45-2)32(28)36-22-38-34/h3-8,21-26,41-42H,9-20H2,1-2H3/q+1. The van der Waals surface area contributed by atoms with Crippen molar-refractivity contribution in [1.82, 2.24) is 19.9 Å². The fourth-order valence-electron chi connectivity index (χ4n) is 7.00. The number of hydrogen-bond acceptors (Lipinski definition) is 13. The van der Waals surface area contributed by atoms with Crippen molar-refractivity contribution in [2.24, 2.45) is 11.8 Å². The minimum Gasteiger partial charge on any atom is -0.494 e. The SMILES string of the molecule is COc1cccc2c(N3CCC(CC(CO)O[P+](=O)OC(CO)CC4CCN(c5ncnc6c(OC)cccc56)CC4)CC3)ncnc12. The van der Waals surface area contributed by atoms with E-state index in [1.807, 2.05) is 36.4 Å². The van der Waals surface area contributed by atoms with E-state index in [-0.39, 0.29) is 25.0 Å². The van der Waals surface area contributed by atoms with Gasteiger partial charge in [0.1, 0.15) is 59.0 Å². The first kappa shape index (κ1) is 34.1. The third-order valence-corrected chi connectivity index (χ3v) is 10.5. The Kier molecular flexibility index (Phi) is 11.5. The van der Waals surface area contributed by atoms with Gasteiger partial charge < -0.3 is 29.5 Å². The van der Waals surface area contributed by atoms with Crippen LogP contribution in [0.1, 0.15) is 38.5 Å². The largest absolute Gasteiger partial charge is 0.698 e. The lowest BCUT2D eigenvalue weighted by molar-refractivity contribution is 0.0454. The molecule has 0 spiro atoms. The van der Waals surface area contributed by atoms with Crippen LogP contribution in [-0.2, 0) is 13.6 Å². The van der Waals surface area contributed by atoms with Gasteiger partial charge in [-0.15, -0.1) is 9.05 Å². The van der Waals surface area contributed by atoms with Crippen LogP contribution in [0.3, 0.4) is 0 Å². The summed E-state index contributed by atoms with van der Waals surface area (Å²) in [6.07, 6.45) is 6.56. The Balaban J connectivity index is 0.961. The van der Waals surface area contributed by atoms with Gasteiger partial charge in [-0.1, -0.05) is 12.1 Å². The number of rotatable bonds is 14. The number of anilines is 2. The van der Waals surface area contributed by atoms with Crippen LogP contribution in [0.15, 0.2) is 49.1 Å². The molecule has 0 saturated carbocycles. The van der Waals surface area contributed by atoms with Crippen molar-refractivity contribution in [3.8, 4) is 11.5 Å². The van der Waals surface area contributed by atoms with Crippen LogP contribution in [0.25, 0.3) is 21.8 Å². The van der Waals surface area contributed by atoms with Crippen molar-refractivity contribution in [1.29, 1.82) is 0 Å². The van der Waals surface area contributed by atoms with Gasteiger partial charge in [0.05, 0.1) is 27.4 Å². The zero-order chi connectivity index (χ0) is 33.5. The molecule has 4 heterocycles. The third-order valence-electron chi connectivity index (χ3n) is 9.55. The van der Waals surface area contributed by atoms with E-state index in [1.54, 1.807) is 26.9 Å². The maximum atomic E-state index is 12.9. The first-order chi connectivity index (χ1) is 23.5. The lowest BCUT2D eigenvalue weighted by Crippen LogP contribution is -2.36. The maximum Gasteiger partial charge on any atom is 0.698 e. The summed E-state index contributed by atoms with van der Waals surface area (Å²) in [4.78, 5) is 22.5. The first-order valence-corrected chi connectivity index (χ1v) is 17.7. The summed E-state index contributed by atoms with van der Waals surface area (Å²) in [7, 11) is 0.759. The number of aliphatic hydroxyl groups excluding tert-OH is 2. The van der Waals surface area contributed by atoms with Crippen molar-refractivity contribution in [2.75, 3.05) is 63.4 Å². The van der Waals surface area contributed by atoms with Gasteiger partial charge in [-0.3, -0.25) is 0 Å². The molecular formula is C34H44N6O7P+. The molecule has 14 heteroatoms. The highest BCUT2D eigenvalue weighted by atomic mass is 31.1. The molecule has 13 nitrogen and oxygen atoms in total. The van der Waals surface area contributed by atoms with Crippen molar-refractivity contribution >= 4 is 41.7 Å². The number of aromatic nitrogens is 4. The van der Waals surface area contributed by atoms with Crippen LogP contribution in [0.4, 0.5) is 11.6 Å². The molecule has 2 N–H and O–H groups in total. The van der Waals surface area contributed by atoms with Gasteiger partial charge in [0.2, 0.25) is 0 Å². The molecule has 256 valence electrons. The molecule has 2 atom stereocenters. The topological polar surface area (TPSA) is 152 Å². The molecule has 2 unspecified atom stereocenters. The van der Waals surface area contributed by atoms with Gasteiger partial charge in [0.25, 0.3) is 0 Å². The fraction of sp³-hybridized carbons (Fsp3) is 0.529. The number of benzene rings is 2. The predicted octanol–water partition coefficient (Wildman–Crippen LogP) is 4.92. The summed E-state index contributed by atoms with van der Waals surface area (Å²) in [5.74, 6) is 3.77. The van der Waals surface area contributed by atoms with Gasteiger partial charge in [-0.2, -0.15) is 0 Å². The molecule has 2 aliphatic rings. The van der Waals surface area contributed by atoms with E-state index in [0.29, 0.717) is 24.3 Å². The van der Waals surface area contributed by atoms with Gasteiger partial charge >= 0.3 is 8.25 Å². The summed E-state index contributed by atoms with van der Waals surface area (Å²) in [5, 5.41) is 22.0. The molecule has 48 heavy (non-hydrogen) atoms. The molecule has 0 amide bonds. The summed E-state index contributed by atoms with van der Waals surface area (Å²) in [6, 6.07) is 11.7. The average molecular weight is 680 g/mol. The number of piperidine rings is 2. The van der Waals surface area contributed by atoms with Crippen molar-refractivity contribution < 1.29 is 33.3 Å². The Hall–Kier alpha value is -3.74. The second kappa shape index (κ2) is 16.1. The van der Waals surface area contributed by atoms with E-state index in [2.05, 4.69) is 29.7 Å². The summed E-state index contributed by atoms with van der Waals surface area (Å²) in [5.41, 5.74) is 1.57. The number of nitrogens with zero attached hydrogens (tertiary/aromatic N) is 6. The van der Waals surface area contributed by atoms with E-state index in [4.69, 9.17) is 18.5 Å². The van der Waals surface area contributed by atoms with Crippen LogP contribution in [-0.4, -0.2) is 96.0 Å². The van der Waals surface area contributed by atoms with Gasteiger partial charge in [0.15, 0.2) is 0 Å². The van der Waals surface area contributed by atoms with Gasteiger partial charge in [-0.25, -0.2) is 19.9 Å². The highest BCUT2D eigenvalue weighted by molar-refractivity contribution is 7.33. The van der Waals surface area contributed by atoms with E-state index in [9.17, 15) is 14.8 Å². The zero-order valence-corrected chi connectivity index (χ0v) is 28.4. The summed E-state index contributed by atoms with van der Waals surface area (Å²) >= 11 is 0. The molecule has 4 aromatic rings. The molecule has 0 radical (unpaired) electrons. The molecule has 2 aromatic carbocycles. The molecule has 2 fully saturated rings. The molecule has 6 rings (SSSR count). The van der Waals surface area contributed by atoms with Crippen molar-refractivity contribution in [3.05, 3.63) is 49.1 Å². The first-order valence-electron chi connectivity index (χ1n) is 16.6. The Bertz CT molecular complexity index is 1560. The third kappa shape index (κ3) is 7.76. The minimum absolute atomic E-state index is 0.257. The van der Waals surface area contributed by atoms with Crippen LogP contribution in [0, 0.1) is 11.8 Å². The molecule has 2 saturated heterocycles. The molecule has 0 bridgehead atoms. The molecule has 0 aliphatic carbocycles. The predicted molar refractivity (Wildman–Crippen MR) is 183 cm³/mol. The smallest absolute Gasteiger partial charge is 0.494 e. The second-order valence-corrected chi connectivity index (χ2v) is 13.4. The quantitative estimate of drug-likeness (QED) is 0.174. The van der Waals surface area contributed by atoms with Crippen LogP contribution >= 0.6 is 8.25 Å². The maximum absolute atomic E-state index is 12.9. The van der Waals surface area contributed by atoms with Crippen LogP contribution in [0.2, 0.25) is 0 Å². The van der Waals surface area contributed by atoms with E-state index in [1.165, 1.54) is 0 Å². The zero-order valence-electron chi connectivity index (χ0n) is 27.5. The van der Waals surface area contributed by atoms with Crippen LogP contribution < -0.4 is 19.3 Å². The number of methoxy groups -OCH3 is 2. The number of aliphatic hydroxyl groups is 2. The monoisotopic (exact) mass is 679 g/mol. The normalized spacial score (nSPS) is 17.9. The number of hydrogen-bond donors (Lipinski definition) is 2. The highest BCUT2D eigenvalue weighted by Gasteiger charge is 2.35. The highest BCUT2D eigenvalue weighted by Crippen LogP contribution is 2.37. The summed E-state index contributed by atoms with van der Waals surface area (Å²) in [6.45, 7) is 2.66. The molecular weight excluding hydrogens is 635 g/mol. The minimum atomic E-state index is -2.51. The number of ether oxygens (including phenoxy) is 2. The summed E-state index contributed by atoms with van der Waals surface area (Å²) < 4.78 is 35.3.